The van der Waals surface area contributed by atoms with Gasteiger partial charge in [0.15, 0.2) is 0 Å². The Bertz CT molecular complexity index is 491. The molecule has 110 valence electrons. The molecule has 0 spiro atoms. The van der Waals surface area contributed by atoms with E-state index in [1.54, 1.807) is 13.8 Å². The number of benzene rings is 1. The third kappa shape index (κ3) is 3.97. The van der Waals surface area contributed by atoms with Crippen LogP contribution in [0.25, 0.3) is 6.08 Å². The van der Waals surface area contributed by atoms with Crippen LogP contribution in [0.3, 0.4) is 0 Å². The molecule has 0 saturated heterocycles. The van der Waals surface area contributed by atoms with Crippen LogP contribution >= 0.6 is 0 Å². The van der Waals surface area contributed by atoms with Crippen LogP contribution in [-0.2, 0) is 0 Å². The Morgan fingerprint density at radius 2 is 1.75 bits per heavy atom. The van der Waals surface area contributed by atoms with Crippen molar-refractivity contribution in [3.8, 4) is 0 Å². The molecular formula is C13H15F3N2O2. The van der Waals surface area contributed by atoms with Gasteiger partial charge in [0.1, 0.15) is 5.70 Å². The minimum atomic E-state index is -4.46. The molecule has 0 radical (unpaired) electrons. The molecular weight excluding hydrogens is 273 g/mol. The van der Waals surface area contributed by atoms with Gasteiger partial charge >= 0.3 is 6.18 Å². The molecule has 0 heterocycles. The fourth-order valence-corrected chi connectivity index (χ4v) is 1.77. The van der Waals surface area contributed by atoms with E-state index >= 15 is 0 Å². The second-order valence-corrected chi connectivity index (χ2v) is 4.05. The zero-order chi connectivity index (χ0) is 15.3. The first-order valence-corrected chi connectivity index (χ1v) is 6.07. The summed E-state index contributed by atoms with van der Waals surface area (Å²) in [4.78, 5) is 11.1. The predicted octanol–water partition coefficient (Wildman–Crippen LogP) is 3.84. The summed E-state index contributed by atoms with van der Waals surface area (Å²) in [6.07, 6.45) is -3.47. The summed E-state index contributed by atoms with van der Waals surface area (Å²) >= 11 is 0. The van der Waals surface area contributed by atoms with E-state index in [9.17, 15) is 23.3 Å². The molecule has 0 bridgehead atoms. The molecule has 0 unspecified atom stereocenters. The molecule has 0 amide bonds. The Morgan fingerprint density at radius 1 is 1.25 bits per heavy atom. The molecule has 0 aliphatic heterocycles. The highest BCUT2D eigenvalue weighted by molar-refractivity contribution is 5.55. The molecule has 1 aromatic rings. The third-order valence-electron chi connectivity index (χ3n) is 2.80. The van der Waals surface area contributed by atoms with E-state index in [1.807, 2.05) is 0 Å². The van der Waals surface area contributed by atoms with Crippen LogP contribution in [-0.4, -0.2) is 29.1 Å². The number of rotatable bonds is 5. The maximum Gasteiger partial charge on any atom is 0.431 e. The van der Waals surface area contributed by atoms with E-state index in [2.05, 4.69) is 0 Å². The number of non-ortho nitro benzene ring substituents is 1. The van der Waals surface area contributed by atoms with Crippen molar-refractivity contribution in [2.24, 2.45) is 0 Å². The van der Waals surface area contributed by atoms with Gasteiger partial charge in [0.05, 0.1) is 4.92 Å². The van der Waals surface area contributed by atoms with Gasteiger partial charge in [-0.1, -0.05) is 0 Å². The van der Waals surface area contributed by atoms with Crippen molar-refractivity contribution in [1.29, 1.82) is 0 Å². The molecule has 7 heteroatoms. The fraction of sp³-hybridized carbons (Fsp3) is 0.385. The lowest BCUT2D eigenvalue weighted by Crippen LogP contribution is -2.31. The molecule has 0 saturated carbocycles. The van der Waals surface area contributed by atoms with Crippen LogP contribution in [0.2, 0.25) is 0 Å². The minimum absolute atomic E-state index is 0.154. The van der Waals surface area contributed by atoms with Crippen molar-refractivity contribution >= 4 is 11.8 Å². The van der Waals surface area contributed by atoms with Crippen LogP contribution in [0.4, 0.5) is 18.9 Å². The van der Waals surface area contributed by atoms with Gasteiger partial charge in [0.25, 0.3) is 5.69 Å². The maximum absolute atomic E-state index is 13.0. The number of hydrogen-bond donors (Lipinski definition) is 0. The Hall–Kier alpha value is -2.05. The molecule has 4 nitrogen and oxygen atoms in total. The topological polar surface area (TPSA) is 46.4 Å². The van der Waals surface area contributed by atoms with Gasteiger partial charge in [-0.25, -0.2) is 0 Å². The van der Waals surface area contributed by atoms with Crippen molar-refractivity contribution < 1.29 is 18.1 Å². The van der Waals surface area contributed by atoms with Gasteiger partial charge in [0, 0.05) is 25.2 Å². The number of allylic oxidation sites excluding steroid dienone is 1. The first kappa shape index (κ1) is 16.0. The molecule has 0 aliphatic carbocycles. The molecule has 1 aromatic carbocycles. The molecule has 20 heavy (non-hydrogen) atoms. The van der Waals surface area contributed by atoms with Crippen LogP contribution in [0.15, 0.2) is 30.0 Å². The lowest BCUT2D eigenvalue weighted by atomic mass is 10.1. The highest BCUT2D eigenvalue weighted by Gasteiger charge is 2.36. The smallest absolute Gasteiger partial charge is 0.368 e. The maximum atomic E-state index is 13.0. The summed E-state index contributed by atoms with van der Waals surface area (Å²) in [6.45, 7) is 3.74. The van der Waals surface area contributed by atoms with Gasteiger partial charge < -0.3 is 4.90 Å². The lowest BCUT2D eigenvalue weighted by molar-refractivity contribution is -0.384. The largest absolute Gasteiger partial charge is 0.431 e. The van der Waals surface area contributed by atoms with Crippen molar-refractivity contribution in [1.82, 2.24) is 4.90 Å². The average Bonchev–Trinajstić information content (AvgIpc) is 2.38. The molecule has 0 N–H and O–H groups in total. The molecule has 0 aliphatic rings. The monoisotopic (exact) mass is 288 g/mol. The van der Waals surface area contributed by atoms with E-state index in [-0.39, 0.29) is 24.3 Å². The summed E-state index contributed by atoms with van der Waals surface area (Å²) in [6, 6.07) is 4.96. The van der Waals surface area contributed by atoms with Gasteiger partial charge in [-0.3, -0.25) is 10.1 Å². The fourth-order valence-electron chi connectivity index (χ4n) is 1.77. The Morgan fingerprint density at radius 3 is 2.10 bits per heavy atom. The average molecular weight is 288 g/mol. The Balaban J connectivity index is 3.16. The second-order valence-electron chi connectivity index (χ2n) is 4.05. The van der Waals surface area contributed by atoms with Crippen LogP contribution in [0.5, 0.6) is 0 Å². The van der Waals surface area contributed by atoms with Gasteiger partial charge in [-0.05, 0) is 37.6 Å². The van der Waals surface area contributed by atoms with E-state index in [1.165, 1.54) is 29.2 Å². The zero-order valence-electron chi connectivity index (χ0n) is 11.1. The zero-order valence-corrected chi connectivity index (χ0v) is 11.1. The lowest BCUT2D eigenvalue weighted by Gasteiger charge is -2.26. The molecule has 0 atom stereocenters. The van der Waals surface area contributed by atoms with Gasteiger partial charge in [-0.2, -0.15) is 13.2 Å². The summed E-state index contributed by atoms with van der Waals surface area (Å²) in [5.41, 5.74) is -0.635. The standard InChI is InChI=1S/C13H15F3N2O2/c1-3-17(4-2)12(13(14,15)16)9-10-5-7-11(8-6-10)18(19)20/h5-9H,3-4H2,1-2H3/b12-9-. The van der Waals surface area contributed by atoms with E-state index in [4.69, 9.17) is 0 Å². The van der Waals surface area contributed by atoms with Gasteiger partial charge in [0.2, 0.25) is 0 Å². The first-order chi connectivity index (χ1) is 9.29. The van der Waals surface area contributed by atoms with Crippen LogP contribution in [0.1, 0.15) is 19.4 Å². The highest BCUT2D eigenvalue weighted by atomic mass is 19.4. The van der Waals surface area contributed by atoms with Crippen molar-refractivity contribution in [3.05, 3.63) is 45.6 Å². The number of hydrogen-bond acceptors (Lipinski definition) is 3. The second kappa shape index (κ2) is 6.40. The normalized spacial score (nSPS) is 12.3. The van der Waals surface area contributed by atoms with Crippen molar-refractivity contribution in [2.45, 2.75) is 20.0 Å². The number of nitro groups is 1. The third-order valence-corrected chi connectivity index (χ3v) is 2.80. The number of halogens is 3. The van der Waals surface area contributed by atoms with Crippen molar-refractivity contribution in [3.63, 3.8) is 0 Å². The number of nitrogens with zero attached hydrogens (tertiary/aromatic N) is 2. The van der Waals surface area contributed by atoms with E-state index in [0.29, 0.717) is 0 Å². The molecule has 0 fully saturated rings. The van der Waals surface area contributed by atoms with E-state index in [0.717, 1.165) is 6.08 Å². The highest BCUT2D eigenvalue weighted by Crippen LogP contribution is 2.30. The summed E-state index contributed by atoms with van der Waals surface area (Å²) in [5, 5.41) is 10.5. The number of alkyl halides is 3. The van der Waals surface area contributed by atoms with Gasteiger partial charge in [-0.15, -0.1) is 0 Å². The van der Waals surface area contributed by atoms with E-state index < -0.39 is 16.8 Å². The van der Waals surface area contributed by atoms with Crippen LogP contribution < -0.4 is 0 Å². The quantitative estimate of drug-likeness (QED) is 0.611. The molecule has 1 rings (SSSR count). The Kier molecular flexibility index (Phi) is 5.12. The SMILES string of the molecule is CCN(CC)/C(=C\c1ccc([N+](=O)[O-])cc1)C(F)(F)F. The molecule has 0 aromatic heterocycles. The Labute approximate surface area is 114 Å². The minimum Gasteiger partial charge on any atom is -0.368 e. The number of nitro benzene ring substituents is 1. The van der Waals surface area contributed by atoms with Crippen molar-refractivity contribution in [2.75, 3.05) is 13.1 Å². The first-order valence-electron chi connectivity index (χ1n) is 6.07. The summed E-state index contributed by atoms with van der Waals surface area (Å²) in [5.74, 6) is 0. The summed E-state index contributed by atoms with van der Waals surface area (Å²) < 4.78 is 39.1. The van der Waals surface area contributed by atoms with Crippen LogP contribution in [0, 0.1) is 10.1 Å². The summed E-state index contributed by atoms with van der Waals surface area (Å²) in [7, 11) is 0. The predicted molar refractivity (Wildman–Crippen MR) is 70.0 cm³/mol.